The molecule has 0 radical (unpaired) electrons. The van der Waals surface area contributed by atoms with Crippen LogP contribution in [0.25, 0.3) is 5.70 Å². The number of fused-ring (bicyclic) bond motifs is 1. The molecule has 5 heteroatoms. The molecule has 0 saturated heterocycles. The van der Waals surface area contributed by atoms with Crippen LogP contribution in [0.4, 0.5) is 0 Å². The largest absolute Gasteiger partial charge is 0.481 e. The topological polar surface area (TPSA) is 57.6 Å². The highest BCUT2D eigenvalue weighted by molar-refractivity contribution is 7.10. The van der Waals surface area contributed by atoms with Crippen molar-refractivity contribution in [2.24, 2.45) is 5.92 Å². The van der Waals surface area contributed by atoms with E-state index >= 15 is 0 Å². The maximum absolute atomic E-state index is 12.1. The normalized spacial score (nSPS) is 20.0. The maximum atomic E-state index is 12.1. The molecule has 2 heterocycles. The van der Waals surface area contributed by atoms with Crippen LogP contribution in [-0.2, 0) is 9.59 Å². The lowest BCUT2D eigenvalue weighted by Crippen LogP contribution is -2.40. The van der Waals surface area contributed by atoms with Crippen molar-refractivity contribution in [1.82, 2.24) is 4.90 Å². The monoisotopic (exact) mass is 341 g/mol. The number of carboxylic acid groups (broad SMARTS) is 1. The summed E-state index contributed by atoms with van der Waals surface area (Å²) in [5.74, 6) is 0.771. The first-order valence-corrected chi connectivity index (χ1v) is 8.79. The number of nitrogens with zero attached hydrogens (tertiary/aromatic N) is 1. The van der Waals surface area contributed by atoms with E-state index in [1.807, 2.05) is 40.6 Å². The molecule has 2 unspecified atom stereocenters. The Bertz CT molecular complexity index is 791. The number of hydrogen-bond acceptors (Lipinski definition) is 4. The van der Waals surface area contributed by atoms with Gasteiger partial charge in [-0.15, -0.1) is 11.3 Å². The summed E-state index contributed by atoms with van der Waals surface area (Å²) in [6.07, 6.45) is 0. The van der Waals surface area contributed by atoms with Crippen LogP contribution in [0.15, 0.2) is 41.8 Å². The highest BCUT2D eigenvalue weighted by atomic mass is 32.1. The molecule has 0 fully saturated rings. The zero-order valence-corrected chi connectivity index (χ0v) is 14.4. The molecule has 24 heavy (non-hydrogen) atoms. The fraction of sp³-hybridized carbons (Fsp3) is 0.316. The molecular weight excluding hydrogens is 322 g/mol. The summed E-state index contributed by atoms with van der Waals surface area (Å²) in [6.45, 7) is 4.72. The summed E-state index contributed by atoms with van der Waals surface area (Å²) in [5, 5.41) is 11.9. The Morgan fingerprint density at radius 1 is 1.29 bits per heavy atom. The molecule has 0 amide bonds. The van der Waals surface area contributed by atoms with Gasteiger partial charge in [-0.25, -0.2) is 4.79 Å². The second-order valence-electron chi connectivity index (χ2n) is 6.36. The number of thiophene rings is 1. The van der Waals surface area contributed by atoms with Crippen molar-refractivity contribution in [3.63, 3.8) is 0 Å². The van der Waals surface area contributed by atoms with Crippen molar-refractivity contribution < 1.29 is 14.7 Å². The van der Waals surface area contributed by atoms with Crippen molar-refractivity contribution >= 4 is 28.9 Å². The van der Waals surface area contributed by atoms with E-state index in [1.54, 1.807) is 6.07 Å². The van der Waals surface area contributed by atoms with Gasteiger partial charge in [-0.1, -0.05) is 44.2 Å². The van der Waals surface area contributed by atoms with Gasteiger partial charge in [0, 0.05) is 17.0 Å². The first kappa shape index (κ1) is 16.5. The van der Waals surface area contributed by atoms with Gasteiger partial charge in [0.15, 0.2) is 5.94 Å². The van der Waals surface area contributed by atoms with E-state index in [1.165, 1.54) is 11.3 Å². The molecule has 0 bridgehead atoms. The van der Waals surface area contributed by atoms with E-state index in [-0.39, 0.29) is 5.92 Å². The summed E-state index contributed by atoms with van der Waals surface area (Å²) in [6, 6.07) is 10.7. The molecule has 1 aliphatic rings. The zero-order chi connectivity index (χ0) is 17.3. The second-order valence-corrected chi connectivity index (χ2v) is 7.34. The lowest BCUT2D eigenvalue weighted by Gasteiger charge is -2.42. The first-order valence-electron chi connectivity index (χ1n) is 7.91. The third-order valence-corrected chi connectivity index (χ3v) is 5.19. The van der Waals surface area contributed by atoms with Crippen LogP contribution in [0, 0.1) is 5.92 Å². The Morgan fingerprint density at radius 2 is 2.04 bits per heavy atom. The summed E-state index contributed by atoms with van der Waals surface area (Å²) in [5.41, 5.74) is 1.81. The summed E-state index contributed by atoms with van der Waals surface area (Å²) in [4.78, 5) is 26.7. The van der Waals surface area contributed by atoms with Crippen LogP contribution >= 0.6 is 11.3 Å². The van der Waals surface area contributed by atoms with Crippen LogP contribution < -0.4 is 0 Å². The molecule has 0 spiro atoms. The number of carbonyl (C=O) groups is 1. The average molecular weight is 341 g/mol. The molecule has 4 nitrogen and oxygen atoms in total. The predicted molar refractivity (Wildman–Crippen MR) is 94.5 cm³/mol. The molecule has 1 aromatic carbocycles. The van der Waals surface area contributed by atoms with Gasteiger partial charge in [0.1, 0.15) is 11.6 Å². The number of hydrogen-bond donors (Lipinski definition) is 1. The molecular formula is C19H19NO3S. The van der Waals surface area contributed by atoms with Crippen LogP contribution in [-0.4, -0.2) is 28.5 Å². The van der Waals surface area contributed by atoms with E-state index in [4.69, 9.17) is 0 Å². The Kier molecular flexibility index (Phi) is 4.56. The predicted octanol–water partition coefficient (Wildman–Crippen LogP) is 3.80. The SMILES string of the molecule is CC(C)CN1C(=C=O)c2ccccc2C(C(=O)O)C1c1cccs1. The Morgan fingerprint density at radius 3 is 2.62 bits per heavy atom. The van der Waals surface area contributed by atoms with Gasteiger partial charge in [-0.3, -0.25) is 4.79 Å². The summed E-state index contributed by atoms with van der Waals surface area (Å²) >= 11 is 1.52. The molecule has 1 aromatic heterocycles. The molecule has 0 saturated carbocycles. The molecule has 124 valence electrons. The number of benzene rings is 1. The lowest BCUT2D eigenvalue weighted by atomic mass is 9.81. The molecule has 1 N–H and O–H groups in total. The van der Waals surface area contributed by atoms with Crippen molar-refractivity contribution in [2.45, 2.75) is 25.8 Å². The fourth-order valence-electron chi connectivity index (χ4n) is 3.39. The number of aliphatic carboxylic acids is 1. The van der Waals surface area contributed by atoms with Crippen molar-refractivity contribution in [3.05, 3.63) is 57.8 Å². The summed E-state index contributed by atoms with van der Waals surface area (Å²) in [7, 11) is 0. The van der Waals surface area contributed by atoms with Crippen LogP contribution in [0.1, 0.15) is 41.8 Å². The van der Waals surface area contributed by atoms with Gasteiger partial charge < -0.3 is 10.0 Å². The highest BCUT2D eigenvalue weighted by Gasteiger charge is 2.43. The van der Waals surface area contributed by atoms with Crippen molar-refractivity contribution in [3.8, 4) is 0 Å². The van der Waals surface area contributed by atoms with E-state index in [0.717, 1.165) is 4.88 Å². The molecule has 2 aromatic rings. The average Bonchev–Trinajstić information content (AvgIpc) is 3.07. The van der Waals surface area contributed by atoms with Crippen molar-refractivity contribution in [2.75, 3.05) is 6.54 Å². The molecule has 3 rings (SSSR count). The van der Waals surface area contributed by atoms with Gasteiger partial charge in [0.05, 0.1) is 6.04 Å². The zero-order valence-electron chi connectivity index (χ0n) is 13.6. The standard InChI is InChI=1S/C19H19NO3S/c1-12(2)10-20-15(11-21)13-6-3-4-7-14(13)17(19(22)23)18(20)16-8-5-9-24-16/h3-9,12,17-18H,10H2,1-2H3,(H,22,23). The second kappa shape index (κ2) is 6.63. The van der Waals surface area contributed by atoms with Crippen LogP contribution in [0.2, 0.25) is 0 Å². The highest BCUT2D eigenvalue weighted by Crippen LogP contribution is 2.48. The van der Waals surface area contributed by atoms with Crippen LogP contribution in [0.5, 0.6) is 0 Å². The quantitative estimate of drug-likeness (QED) is 0.860. The number of rotatable bonds is 4. The minimum Gasteiger partial charge on any atom is -0.481 e. The molecule has 1 aliphatic heterocycles. The molecule has 0 aliphatic carbocycles. The van der Waals surface area contributed by atoms with E-state index in [0.29, 0.717) is 23.4 Å². The van der Waals surface area contributed by atoms with Crippen molar-refractivity contribution in [1.29, 1.82) is 0 Å². The Balaban J connectivity index is 2.26. The lowest BCUT2D eigenvalue weighted by molar-refractivity contribution is -0.140. The first-order chi connectivity index (χ1) is 11.5. The van der Waals surface area contributed by atoms with E-state index < -0.39 is 17.9 Å². The van der Waals surface area contributed by atoms with E-state index in [9.17, 15) is 14.7 Å². The Hall–Kier alpha value is -2.36. The van der Waals surface area contributed by atoms with Gasteiger partial charge in [0.2, 0.25) is 0 Å². The van der Waals surface area contributed by atoms with Gasteiger partial charge in [0.25, 0.3) is 0 Å². The van der Waals surface area contributed by atoms with Gasteiger partial charge >= 0.3 is 5.97 Å². The summed E-state index contributed by atoms with van der Waals surface area (Å²) < 4.78 is 0. The Labute approximate surface area is 145 Å². The van der Waals surface area contributed by atoms with E-state index in [2.05, 4.69) is 19.8 Å². The minimum atomic E-state index is -0.875. The number of carboxylic acids is 1. The fourth-order valence-corrected chi connectivity index (χ4v) is 4.26. The number of carbonyl (C=O) groups excluding carboxylic acids is 1. The third-order valence-electron chi connectivity index (χ3n) is 4.25. The van der Waals surface area contributed by atoms with Crippen LogP contribution in [0.3, 0.4) is 0 Å². The van der Waals surface area contributed by atoms with Gasteiger partial charge in [-0.05, 0) is 22.9 Å². The maximum Gasteiger partial charge on any atom is 0.313 e. The minimum absolute atomic E-state index is 0.288. The van der Waals surface area contributed by atoms with Gasteiger partial charge in [-0.2, -0.15) is 0 Å². The molecule has 2 atom stereocenters. The third kappa shape index (κ3) is 2.77. The smallest absolute Gasteiger partial charge is 0.313 e.